The van der Waals surface area contributed by atoms with Gasteiger partial charge in [0, 0.05) is 6.42 Å². The maximum Gasteiger partial charge on any atom is 0.155 e. The highest BCUT2D eigenvalue weighted by Crippen LogP contribution is 2.24. The highest BCUT2D eigenvalue weighted by Gasteiger charge is 2.14. The molecule has 0 heterocycles. The van der Waals surface area contributed by atoms with Gasteiger partial charge in [0.25, 0.3) is 0 Å². The minimum absolute atomic E-state index is 0.140. The first-order chi connectivity index (χ1) is 6.17. The Hall–Kier alpha value is -1.03. The summed E-state index contributed by atoms with van der Waals surface area (Å²) in [6.45, 7) is 0. The van der Waals surface area contributed by atoms with Crippen LogP contribution in [0.15, 0.2) is 23.3 Å². The monoisotopic (exact) mass is 189 g/mol. The lowest BCUT2D eigenvalue weighted by Crippen LogP contribution is -1.95. The smallest absolute Gasteiger partial charge is 0.155 e. The number of rotatable bonds is 1. The first kappa shape index (κ1) is 12.0. The van der Waals surface area contributed by atoms with Crippen LogP contribution in [0.1, 0.15) is 12.8 Å². The molecule has 0 saturated carbocycles. The van der Waals surface area contributed by atoms with Gasteiger partial charge in [-0.2, -0.15) is 0 Å². The molecule has 13 heavy (non-hydrogen) atoms. The van der Waals surface area contributed by atoms with Crippen molar-refractivity contribution in [2.75, 3.05) is 14.1 Å². The topological polar surface area (TPSA) is 29.1 Å². The molecular formula is C9H13F2NO. The van der Waals surface area contributed by atoms with Gasteiger partial charge in [0.05, 0.1) is 5.57 Å². The Morgan fingerprint density at radius 3 is 2.31 bits per heavy atom. The molecule has 0 radical (unpaired) electrons. The fraction of sp³-hybridized carbons (Fsp3) is 0.444. The van der Waals surface area contributed by atoms with E-state index in [1.165, 1.54) is 6.08 Å². The Kier molecular flexibility index (Phi) is 5.97. The van der Waals surface area contributed by atoms with E-state index in [2.05, 4.69) is 5.32 Å². The van der Waals surface area contributed by atoms with E-state index >= 15 is 0 Å². The maximum atomic E-state index is 12.5. The largest absolute Gasteiger partial charge is 0.323 e. The molecule has 1 N–H and O–H groups in total. The fourth-order valence-electron chi connectivity index (χ4n) is 0.820. The van der Waals surface area contributed by atoms with E-state index in [1.807, 2.05) is 14.1 Å². The summed E-state index contributed by atoms with van der Waals surface area (Å²) in [7, 11) is 3.75. The summed E-state index contributed by atoms with van der Waals surface area (Å²) in [5, 5.41) is 2.75. The normalized spacial score (nSPS) is 15.8. The molecule has 0 aromatic carbocycles. The summed E-state index contributed by atoms with van der Waals surface area (Å²) < 4.78 is 24.9. The molecular weight excluding hydrogens is 176 g/mol. The fourth-order valence-corrected chi connectivity index (χ4v) is 0.820. The van der Waals surface area contributed by atoms with Gasteiger partial charge in [0.15, 0.2) is 6.29 Å². The molecule has 0 unspecified atom stereocenters. The Morgan fingerprint density at radius 2 is 2.00 bits per heavy atom. The quantitative estimate of drug-likeness (QED) is 0.638. The average molecular weight is 189 g/mol. The highest BCUT2D eigenvalue weighted by molar-refractivity contribution is 5.80. The Morgan fingerprint density at radius 1 is 1.46 bits per heavy atom. The molecule has 2 nitrogen and oxygen atoms in total. The van der Waals surface area contributed by atoms with Crippen LogP contribution >= 0.6 is 0 Å². The zero-order valence-corrected chi connectivity index (χ0v) is 7.73. The number of carbonyl (C=O) groups excluding carboxylic acids is 1. The van der Waals surface area contributed by atoms with Gasteiger partial charge in [-0.15, -0.1) is 0 Å². The lowest BCUT2D eigenvalue weighted by Gasteiger charge is -2.04. The second-order valence-corrected chi connectivity index (χ2v) is 2.53. The average Bonchev–Trinajstić information content (AvgIpc) is 2.06. The Labute approximate surface area is 76.3 Å². The van der Waals surface area contributed by atoms with Gasteiger partial charge in [-0.1, -0.05) is 0 Å². The SMILES string of the molecule is CNC.O=CC1=C(F)CCC=C1F. The van der Waals surface area contributed by atoms with Crippen LogP contribution in [0.3, 0.4) is 0 Å². The number of allylic oxidation sites excluding steroid dienone is 4. The Bertz CT molecular complexity index is 234. The number of aldehydes is 1. The molecule has 74 valence electrons. The molecule has 0 bridgehead atoms. The van der Waals surface area contributed by atoms with Crippen LogP contribution in [0.4, 0.5) is 8.78 Å². The molecule has 4 heteroatoms. The van der Waals surface area contributed by atoms with E-state index in [0.717, 1.165) is 0 Å². The van der Waals surface area contributed by atoms with Crippen molar-refractivity contribution in [3.05, 3.63) is 23.3 Å². The standard InChI is InChI=1S/C7H6F2O.C2H7N/c8-6-2-1-3-7(9)5(6)4-10;1-3-2/h2,4H,1,3H2;3H,1-2H3. The molecule has 0 atom stereocenters. The van der Waals surface area contributed by atoms with Gasteiger partial charge in [0.2, 0.25) is 0 Å². The van der Waals surface area contributed by atoms with Crippen molar-refractivity contribution >= 4 is 6.29 Å². The molecule has 0 aliphatic heterocycles. The second-order valence-electron chi connectivity index (χ2n) is 2.53. The van der Waals surface area contributed by atoms with Gasteiger partial charge in [-0.3, -0.25) is 4.79 Å². The van der Waals surface area contributed by atoms with Crippen molar-refractivity contribution in [3.8, 4) is 0 Å². The number of hydrogen-bond acceptors (Lipinski definition) is 2. The number of nitrogens with one attached hydrogen (secondary N) is 1. The maximum absolute atomic E-state index is 12.5. The first-order valence-corrected chi connectivity index (χ1v) is 3.95. The minimum atomic E-state index is -0.737. The highest BCUT2D eigenvalue weighted by atomic mass is 19.1. The Balaban J connectivity index is 0.000000424. The lowest BCUT2D eigenvalue weighted by molar-refractivity contribution is -0.105. The summed E-state index contributed by atoms with van der Waals surface area (Å²) in [5.74, 6) is -1.38. The van der Waals surface area contributed by atoms with E-state index in [9.17, 15) is 13.6 Å². The van der Waals surface area contributed by atoms with E-state index in [4.69, 9.17) is 0 Å². The lowest BCUT2D eigenvalue weighted by atomic mass is 10.1. The van der Waals surface area contributed by atoms with Crippen LogP contribution < -0.4 is 5.32 Å². The number of halogens is 2. The third-order valence-corrected chi connectivity index (χ3v) is 1.35. The predicted octanol–water partition coefficient (Wildman–Crippen LogP) is 1.89. The van der Waals surface area contributed by atoms with E-state index in [-0.39, 0.29) is 12.7 Å². The molecule has 0 spiro atoms. The van der Waals surface area contributed by atoms with Crippen molar-refractivity contribution in [1.29, 1.82) is 0 Å². The molecule has 1 aliphatic carbocycles. The molecule has 0 amide bonds. The van der Waals surface area contributed by atoms with Gasteiger partial charge in [-0.05, 0) is 26.6 Å². The second kappa shape index (κ2) is 6.48. The molecule has 1 aliphatic rings. The van der Waals surface area contributed by atoms with Gasteiger partial charge < -0.3 is 5.32 Å². The minimum Gasteiger partial charge on any atom is -0.323 e. The summed E-state index contributed by atoms with van der Waals surface area (Å²) >= 11 is 0. The molecule has 0 aromatic rings. The zero-order chi connectivity index (χ0) is 10.3. The van der Waals surface area contributed by atoms with Gasteiger partial charge >= 0.3 is 0 Å². The van der Waals surface area contributed by atoms with Crippen LogP contribution in [0.5, 0.6) is 0 Å². The van der Waals surface area contributed by atoms with Crippen LogP contribution in [0.2, 0.25) is 0 Å². The number of hydrogen-bond donors (Lipinski definition) is 1. The van der Waals surface area contributed by atoms with Gasteiger partial charge in [0.1, 0.15) is 11.7 Å². The van der Waals surface area contributed by atoms with Crippen LogP contribution in [0.25, 0.3) is 0 Å². The summed E-state index contributed by atoms with van der Waals surface area (Å²) in [4.78, 5) is 10.0. The third-order valence-electron chi connectivity index (χ3n) is 1.35. The summed E-state index contributed by atoms with van der Waals surface area (Å²) in [6, 6.07) is 0. The molecule has 0 saturated heterocycles. The molecule has 1 rings (SSSR count). The van der Waals surface area contributed by atoms with Crippen molar-refractivity contribution in [2.24, 2.45) is 0 Å². The van der Waals surface area contributed by atoms with Crippen LogP contribution in [0, 0.1) is 0 Å². The van der Waals surface area contributed by atoms with E-state index in [1.54, 1.807) is 0 Å². The van der Waals surface area contributed by atoms with Crippen molar-refractivity contribution in [3.63, 3.8) is 0 Å². The molecule has 0 fully saturated rings. The predicted molar refractivity (Wildman–Crippen MR) is 47.6 cm³/mol. The van der Waals surface area contributed by atoms with Crippen LogP contribution in [-0.2, 0) is 4.79 Å². The summed E-state index contributed by atoms with van der Waals surface area (Å²) in [5.41, 5.74) is -0.425. The molecule has 0 aromatic heterocycles. The number of carbonyl (C=O) groups is 1. The third kappa shape index (κ3) is 3.94. The zero-order valence-electron chi connectivity index (χ0n) is 7.73. The van der Waals surface area contributed by atoms with Gasteiger partial charge in [-0.25, -0.2) is 8.78 Å². The van der Waals surface area contributed by atoms with Crippen molar-refractivity contribution in [2.45, 2.75) is 12.8 Å². The van der Waals surface area contributed by atoms with Crippen molar-refractivity contribution < 1.29 is 13.6 Å². The van der Waals surface area contributed by atoms with E-state index < -0.39 is 17.2 Å². The van der Waals surface area contributed by atoms with Crippen molar-refractivity contribution in [1.82, 2.24) is 5.32 Å². The van der Waals surface area contributed by atoms with E-state index in [0.29, 0.717) is 6.42 Å². The van der Waals surface area contributed by atoms with Crippen LogP contribution in [-0.4, -0.2) is 20.4 Å². The summed E-state index contributed by atoms with van der Waals surface area (Å²) in [6.07, 6.45) is 1.91. The first-order valence-electron chi connectivity index (χ1n) is 3.95.